The number of hydrogen-bond donors (Lipinski definition) is 0. The van der Waals surface area contributed by atoms with Gasteiger partial charge < -0.3 is 23.8 Å². The van der Waals surface area contributed by atoms with E-state index < -0.39 is 5.54 Å². The van der Waals surface area contributed by atoms with Crippen LogP contribution in [0, 0.1) is 0 Å². The zero-order valence-corrected chi connectivity index (χ0v) is 26.3. The van der Waals surface area contributed by atoms with Gasteiger partial charge in [0.2, 0.25) is 5.76 Å². The van der Waals surface area contributed by atoms with Crippen molar-refractivity contribution in [1.29, 1.82) is 0 Å². The lowest BCUT2D eigenvalue weighted by Crippen LogP contribution is -2.49. The molecule has 2 aliphatic heterocycles. The minimum Gasteiger partial charge on any atom is -0.486 e. The van der Waals surface area contributed by atoms with Gasteiger partial charge in [0.25, 0.3) is 0 Å². The second-order valence-corrected chi connectivity index (χ2v) is 11.5. The molecule has 0 aromatic heterocycles. The fourth-order valence-corrected chi connectivity index (χ4v) is 5.51. The highest BCUT2D eigenvalue weighted by molar-refractivity contribution is 5.42. The monoisotopic (exact) mass is 615 g/mol. The van der Waals surface area contributed by atoms with Crippen LogP contribution >= 0.6 is 0 Å². The normalized spacial score (nSPS) is 17.1. The average molecular weight is 616 g/mol. The second-order valence-electron chi connectivity index (χ2n) is 11.5. The van der Waals surface area contributed by atoms with Gasteiger partial charge in [-0.05, 0) is 34.8 Å². The molecule has 0 amide bonds. The fraction of sp³-hybridized carbons (Fsp3) is 0.250. The molecule has 0 N–H and O–H groups in total. The van der Waals surface area contributed by atoms with E-state index >= 15 is 0 Å². The van der Waals surface area contributed by atoms with Crippen molar-refractivity contribution in [2.75, 3.05) is 6.61 Å². The highest BCUT2D eigenvalue weighted by Crippen LogP contribution is 2.45. The fourth-order valence-electron chi connectivity index (χ4n) is 5.51. The van der Waals surface area contributed by atoms with Gasteiger partial charge in [0.1, 0.15) is 25.6 Å². The Balaban J connectivity index is 1.40. The van der Waals surface area contributed by atoms with Crippen molar-refractivity contribution in [1.82, 2.24) is 5.06 Å². The van der Waals surface area contributed by atoms with Crippen LogP contribution in [0.1, 0.15) is 48.4 Å². The largest absolute Gasteiger partial charge is 0.486 e. The Kier molecular flexibility index (Phi) is 10.4. The number of ether oxygens (including phenoxy) is 4. The summed E-state index contributed by atoms with van der Waals surface area (Å²) in [4.78, 5) is 6.54. The zero-order chi connectivity index (χ0) is 31.4. The number of hydrogen-bond acceptors (Lipinski definition) is 6. The molecule has 6 heteroatoms. The van der Waals surface area contributed by atoms with Crippen LogP contribution in [0.4, 0.5) is 0 Å². The van der Waals surface area contributed by atoms with E-state index in [1.165, 1.54) is 0 Å². The van der Waals surface area contributed by atoms with Crippen LogP contribution in [-0.2, 0) is 50.2 Å². The lowest BCUT2D eigenvalue weighted by molar-refractivity contribution is -0.145. The van der Waals surface area contributed by atoms with Crippen LogP contribution in [-0.4, -0.2) is 17.2 Å². The van der Waals surface area contributed by atoms with Crippen molar-refractivity contribution in [3.63, 3.8) is 0 Å². The van der Waals surface area contributed by atoms with Crippen molar-refractivity contribution >= 4 is 0 Å². The van der Waals surface area contributed by atoms with E-state index in [2.05, 4.69) is 49.4 Å². The van der Waals surface area contributed by atoms with E-state index in [0.717, 1.165) is 47.3 Å². The summed E-state index contributed by atoms with van der Waals surface area (Å²) in [7, 11) is 0. The van der Waals surface area contributed by atoms with Crippen LogP contribution in [0.15, 0.2) is 157 Å². The van der Waals surface area contributed by atoms with Gasteiger partial charge in [-0.1, -0.05) is 135 Å². The Hall–Kier alpha value is -4.94. The van der Waals surface area contributed by atoms with Crippen molar-refractivity contribution in [2.24, 2.45) is 0 Å². The first-order valence-corrected chi connectivity index (χ1v) is 16.0. The number of fused-ring (bicyclic) bond motifs is 1. The first-order valence-electron chi connectivity index (χ1n) is 16.0. The van der Waals surface area contributed by atoms with Crippen LogP contribution in [0.5, 0.6) is 0 Å². The minimum atomic E-state index is -0.905. The summed E-state index contributed by atoms with van der Waals surface area (Å²) in [6, 6.07) is 40.6. The summed E-state index contributed by atoms with van der Waals surface area (Å²) in [6.07, 6.45) is 6.89. The Morgan fingerprint density at radius 3 is 1.65 bits per heavy atom. The molecule has 46 heavy (non-hydrogen) atoms. The lowest BCUT2D eigenvalue weighted by Gasteiger charge is -2.40. The quantitative estimate of drug-likeness (QED) is 0.125. The molecule has 0 fully saturated rings. The topological polar surface area (TPSA) is 49.4 Å². The first kappa shape index (κ1) is 31.1. The van der Waals surface area contributed by atoms with Crippen LogP contribution in [0.2, 0.25) is 0 Å². The molecule has 0 aliphatic carbocycles. The van der Waals surface area contributed by atoms with Gasteiger partial charge in [-0.15, -0.1) is 0 Å². The Morgan fingerprint density at radius 2 is 1.11 bits per heavy atom. The van der Waals surface area contributed by atoms with E-state index in [0.29, 0.717) is 43.7 Å². The molecule has 0 radical (unpaired) electrons. The van der Waals surface area contributed by atoms with E-state index in [9.17, 15) is 0 Å². The van der Waals surface area contributed by atoms with Crippen LogP contribution < -0.4 is 0 Å². The lowest BCUT2D eigenvalue weighted by atomic mass is 9.92. The summed E-state index contributed by atoms with van der Waals surface area (Å²) in [5, 5.41) is 1.83. The molecule has 4 aromatic carbocycles. The standard InChI is InChI=1S/C40H41NO5/c1-2-3-24-36-25-40(31-42-27-32-16-8-4-9-17-32)39(45-30-35-22-14-7-15-23-35)38(44-29-34-20-12-6-13-21-34)37(26-41(40)46-36)43-28-33-18-10-5-11-19-33/h4-23,25-26H,2-3,24,27-31H2,1H3/t40-/m1/s1. The Bertz CT molecular complexity index is 1620. The number of unbranched alkanes of at least 4 members (excludes halogenated alkanes) is 1. The van der Waals surface area contributed by atoms with E-state index in [1.54, 1.807) is 0 Å². The summed E-state index contributed by atoms with van der Waals surface area (Å²) in [5.74, 6) is 2.53. The predicted molar refractivity (Wildman–Crippen MR) is 178 cm³/mol. The molecular formula is C40H41NO5. The van der Waals surface area contributed by atoms with Crippen LogP contribution in [0.3, 0.4) is 0 Å². The molecule has 6 rings (SSSR count). The molecular weight excluding hydrogens is 574 g/mol. The minimum absolute atomic E-state index is 0.280. The summed E-state index contributed by atoms with van der Waals surface area (Å²) in [5.41, 5.74) is 3.31. The molecule has 0 saturated heterocycles. The number of benzene rings is 4. The molecule has 0 saturated carbocycles. The molecule has 2 aliphatic rings. The SMILES string of the molecule is CCCCC1=C[C@@]2(COCc3ccccc3)C(OCc3ccccc3)=C(OCc3ccccc3)C(OCc3ccccc3)=CN2O1. The highest BCUT2D eigenvalue weighted by Gasteiger charge is 2.52. The summed E-state index contributed by atoms with van der Waals surface area (Å²) in [6.45, 7) is 3.95. The smallest absolute Gasteiger partial charge is 0.204 e. The van der Waals surface area contributed by atoms with Gasteiger partial charge in [0, 0.05) is 6.42 Å². The average Bonchev–Trinajstić information content (AvgIpc) is 3.47. The molecule has 0 unspecified atom stereocenters. The van der Waals surface area contributed by atoms with Gasteiger partial charge >= 0.3 is 0 Å². The van der Waals surface area contributed by atoms with Gasteiger partial charge in [0.05, 0.1) is 19.4 Å². The maximum absolute atomic E-state index is 6.81. The predicted octanol–water partition coefficient (Wildman–Crippen LogP) is 8.98. The molecule has 4 aromatic rings. The first-order chi connectivity index (χ1) is 22.7. The number of allylic oxidation sites excluding steroid dienone is 1. The van der Waals surface area contributed by atoms with Gasteiger partial charge in [-0.3, -0.25) is 0 Å². The van der Waals surface area contributed by atoms with Crippen molar-refractivity contribution in [2.45, 2.75) is 58.2 Å². The van der Waals surface area contributed by atoms with Gasteiger partial charge in [-0.2, -0.15) is 5.06 Å². The van der Waals surface area contributed by atoms with Crippen LogP contribution in [0.25, 0.3) is 0 Å². The molecule has 0 bridgehead atoms. The summed E-state index contributed by atoms with van der Waals surface area (Å²) < 4.78 is 26.5. The van der Waals surface area contributed by atoms with Crippen molar-refractivity contribution < 1.29 is 23.8 Å². The third kappa shape index (κ3) is 7.64. The maximum Gasteiger partial charge on any atom is 0.204 e. The highest BCUT2D eigenvalue weighted by atomic mass is 16.7. The third-order valence-electron chi connectivity index (χ3n) is 7.97. The Morgan fingerprint density at radius 1 is 0.609 bits per heavy atom. The van der Waals surface area contributed by atoms with Gasteiger partial charge in [-0.25, -0.2) is 0 Å². The Labute approximate surface area is 272 Å². The van der Waals surface area contributed by atoms with Gasteiger partial charge in [0.15, 0.2) is 17.1 Å². The molecule has 2 heterocycles. The van der Waals surface area contributed by atoms with E-state index in [-0.39, 0.29) is 6.61 Å². The number of rotatable bonds is 16. The maximum atomic E-state index is 6.81. The number of nitrogens with zero attached hydrogens (tertiary/aromatic N) is 1. The van der Waals surface area contributed by atoms with E-state index in [1.807, 2.05) is 96.2 Å². The summed E-state index contributed by atoms with van der Waals surface area (Å²) >= 11 is 0. The third-order valence-corrected chi connectivity index (χ3v) is 7.97. The van der Waals surface area contributed by atoms with Crippen molar-refractivity contribution in [3.05, 3.63) is 179 Å². The zero-order valence-electron chi connectivity index (χ0n) is 26.3. The molecule has 1 atom stereocenters. The van der Waals surface area contributed by atoms with Crippen molar-refractivity contribution in [3.8, 4) is 0 Å². The number of hydroxylamine groups is 2. The molecule has 236 valence electrons. The molecule has 0 spiro atoms. The second kappa shape index (κ2) is 15.4. The molecule has 6 nitrogen and oxygen atoms in total. The van der Waals surface area contributed by atoms with E-state index in [4.69, 9.17) is 23.8 Å².